The molecular weight excluding hydrogens is 368 g/mol. The number of rotatable bonds is 1. The lowest BCUT2D eigenvalue weighted by Crippen LogP contribution is -1.94. The zero-order chi connectivity index (χ0) is 19.4. The molecule has 4 heteroatoms. The first-order valence-electron chi connectivity index (χ1n) is 9.11. The first kappa shape index (κ1) is 17.0. The third kappa shape index (κ3) is 2.51. The largest absolute Gasteiger partial charge is 0.507 e. The summed E-state index contributed by atoms with van der Waals surface area (Å²) in [7, 11) is 0. The van der Waals surface area contributed by atoms with Crippen molar-refractivity contribution in [3.63, 3.8) is 0 Å². The highest BCUT2D eigenvalue weighted by Crippen LogP contribution is 2.43. The number of fused-ring (bicyclic) bond motifs is 4. The maximum Gasteiger partial charge on any atom is 0.133 e. The first-order valence-corrected chi connectivity index (χ1v) is 9.49. The van der Waals surface area contributed by atoms with Crippen molar-refractivity contribution in [3.8, 4) is 16.9 Å². The second-order valence-corrected chi connectivity index (χ2v) is 7.56. The Morgan fingerprint density at radius 2 is 1.32 bits per heavy atom. The summed E-state index contributed by atoms with van der Waals surface area (Å²) in [5.74, 6) is 0.220. The Balaban J connectivity index is 2.04. The summed E-state index contributed by atoms with van der Waals surface area (Å²) in [6.07, 6.45) is 0. The summed E-state index contributed by atoms with van der Waals surface area (Å²) in [5, 5.41) is 13.6. The van der Waals surface area contributed by atoms with Gasteiger partial charge in [0.2, 0.25) is 0 Å². The van der Waals surface area contributed by atoms with Gasteiger partial charge in [0, 0.05) is 15.8 Å². The van der Waals surface area contributed by atoms with Gasteiger partial charge in [0.1, 0.15) is 11.3 Å². The van der Waals surface area contributed by atoms with Gasteiger partial charge in [-0.2, -0.15) is 0 Å². The van der Waals surface area contributed by atoms with E-state index in [9.17, 15) is 5.11 Å². The average molecular weight is 385 g/mol. The van der Waals surface area contributed by atoms with E-state index in [0.717, 1.165) is 44.0 Å². The summed E-state index contributed by atoms with van der Waals surface area (Å²) in [6, 6.07) is 19.4. The van der Waals surface area contributed by atoms with Crippen LogP contribution in [-0.4, -0.2) is 15.1 Å². The predicted octanol–water partition coefficient (Wildman–Crippen LogP) is 6.58. The predicted molar refractivity (Wildman–Crippen MR) is 116 cm³/mol. The zero-order valence-corrected chi connectivity index (χ0v) is 16.2. The number of aryl methyl sites for hydroxylation is 2. The minimum Gasteiger partial charge on any atom is -0.507 e. The van der Waals surface area contributed by atoms with Crippen LogP contribution in [0.15, 0.2) is 60.7 Å². The highest BCUT2D eigenvalue weighted by molar-refractivity contribution is 6.30. The van der Waals surface area contributed by atoms with Crippen molar-refractivity contribution in [2.24, 2.45) is 0 Å². The molecule has 0 aliphatic rings. The van der Waals surface area contributed by atoms with Crippen LogP contribution in [0.3, 0.4) is 0 Å². The van der Waals surface area contributed by atoms with Gasteiger partial charge in [-0.25, -0.2) is 9.97 Å². The number of benzene rings is 4. The number of aromatic nitrogens is 2. The molecule has 5 rings (SSSR count). The minimum atomic E-state index is 0.220. The van der Waals surface area contributed by atoms with Gasteiger partial charge in [-0.1, -0.05) is 35.9 Å². The molecule has 0 spiro atoms. The number of hydrogen-bond donors (Lipinski definition) is 1. The van der Waals surface area contributed by atoms with Gasteiger partial charge < -0.3 is 5.11 Å². The number of phenols is 1. The van der Waals surface area contributed by atoms with Crippen LogP contribution in [-0.2, 0) is 0 Å². The average Bonchev–Trinajstić information content (AvgIpc) is 2.70. The summed E-state index contributed by atoms with van der Waals surface area (Å²) >= 11 is 6.08. The van der Waals surface area contributed by atoms with Crippen molar-refractivity contribution in [2.45, 2.75) is 13.8 Å². The van der Waals surface area contributed by atoms with Crippen LogP contribution in [0.5, 0.6) is 5.75 Å². The molecule has 0 unspecified atom stereocenters. The van der Waals surface area contributed by atoms with Gasteiger partial charge in [0.15, 0.2) is 0 Å². The Labute approximate surface area is 167 Å². The van der Waals surface area contributed by atoms with E-state index in [1.165, 1.54) is 0 Å². The van der Waals surface area contributed by atoms with Crippen LogP contribution in [0.2, 0.25) is 5.02 Å². The van der Waals surface area contributed by atoms with Crippen LogP contribution >= 0.6 is 11.6 Å². The molecular formula is C24H17ClN2O. The highest BCUT2D eigenvalue weighted by Gasteiger charge is 2.19. The van der Waals surface area contributed by atoms with Crippen LogP contribution in [0.25, 0.3) is 44.0 Å². The third-order valence-corrected chi connectivity index (χ3v) is 5.57. The quantitative estimate of drug-likeness (QED) is 0.262. The van der Waals surface area contributed by atoms with Crippen molar-refractivity contribution in [3.05, 3.63) is 76.8 Å². The maximum atomic E-state index is 11.3. The number of para-hydroxylation sites is 2. The van der Waals surface area contributed by atoms with E-state index in [1.54, 1.807) is 0 Å². The molecule has 0 atom stereocenters. The number of phenolic OH excluding ortho intramolecular Hbond substituents is 1. The second kappa shape index (κ2) is 6.18. The lowest BCUT2D eigenvalue weighted by molar-refractivity contribution is 0.484. The molecule has 0 saturated carbocycles. The SMILES string of the molecule is Cc1cc2c(O)c(-c3ccc(Cl)cc3)c3nc4ccccc4nc3c2cc1C. The molecule has 0 amide bonds. The third-order valence-electron chi connectivity index (χ3n) is 5.32. The van der Waals surface area contributed by atoms with Gasteiger partial charge in [0.05, 0.1) is 22.1 Å². The lowest BCUT2D eigenvalue weighted by atomic mass is 9.94. The molecule has 136 valence electrons. The van der Waals surface area contributed by atoms with Crippen molar-refractivity contribution in [1.82, 2.24) is 9.97 Å². The Kier molecular flexibility index (Phi) is 3.74. The molecule has 0 aliphatic carbocycles. The Bertz CT molecular complexity index is 1390. The van der Waals surface area contributed by atoms with Crippen molar-refractivity contribution < 1.29 is 5.11 Å². The fourth-order valence-electron chi connectivity index (χ4n) is 3.71. The van der Waals surface area contributed by atoms with E-state index in [1.807, 2.05) is 61.5 Å². The standard InChI is InChI=1S/C24H17ClN2O/c1-13-11-17-18(12-14(13)2)24(28)21(15-7-9-16(25)10-8-15)23-22(17)26-19-5-3-4-6-20(19)27-23/h3-12,28H,1-2H3. The topological polar surface area (TPSA) is 46.0 Å². The number of nitrogens with zero attached hydrogens (tertiary/aromatic N) is 2. The summed E-state index contributed by atoms with van der Waals surface area (Å²) in [5.41, 5.74) is 6.93. The van der Waals surface area contributed by atoms with Crippen LogP contribution < -0.4 is 0 Å². The van der Waals surface area contributed by atoms with Gasteiger partial charge in [-0.3, -0.25) is 0 Å². The summed E-state index contributed by atoms with van der Waals surface area (Å²) in [6.45, 7) is 4.12. The first-order chi connectivity index (χ1) is 13.5. The lowest BCUT2D eigenvalue weighted by Gasteiger charge is -2.15. The van der Waals surface area contributed by atoms with E-state index in [4.69, 9.17) is 21.6 Å². The zero-order valence-electron chi connectivity index (χ0n) is 15.5. The van der Waals surface area contributed by atoms with Gasteiger partial charge >= 0.3 is 0 Å². The molecule has 0 saturated heterocycles. The van der Waals surface area contributed by atoms with E-state index in [0.29, 0.717) is 16.1 Å². The molecule has 0 bridgehead atoms. The van der Waals surface area contributed by atoms with E-state index >= 15 is 0 Å². The van der Waals surface area contributed by atoms with Crippen molar-refractivity contribution in [2.75, 3.05) is 0 Å². The summed E-state index contributed by atoms with van der Waals surface area (Å²) in [4.78, 5) is 9.81. The Morgan fingerprint density at radius 1 is 0.750 bits per heavy atom. The monoisotopic (exact) mass is 384 g/mol. The number of halogens is 1. The molecule has 3 nitrogen and oxygen atoms in total. The number of aromatic hydroxyl groups is 1. The normalized spacial score (nSPS) is 11.5. The Morgan fingerprint density at radius 3 is 1.96 bits per heavy atom. The maximum absolute atomic E-state index is 11.3. The fraction of sp³-hybridized carbons (Fsp3) is 0.0833. The molecule has 0 radical (unpaired) electrons. The molecule has 1 N–H and O–H groups in total. The van der Waals surface area contributed by atoms with Crippen LogP contribution in [0, 0.1) is 13.8 Å². The molecule has 1 heterocycles. The molecule has 5 aromatic rings. The van der Waals surface area contributed by atoms with Crippen molar-refractivity contribution in [1.29, 1.82) is 0 Å². The summed E-state index contributed by atoms with van der Waals surface area (Å²) < 4.78 is 0. The molecule has 4 aromatic carbocycles. The van der Waals surface area contributed by atoms with Gasteiger partial charge in [-0.15, -0.1) is 0 Å². The molecule has 0 fully saturated rings. The van der Waals surface area contributed by atoms with E-state index in [-0.39, 0.29) is 5.75 Å². The smallest absolute Gasteiger partial charge is 0.133 e. The van der Waals surface area contributed by atoms with Crippen LogP contribution in [0.1, 0.15) is 11.1 Å². The fourth-order valence-corrected chi connectivity index (χ4v) is 3.83. The van der Waals surface area contributed by atoms with Gasteiger partial charge in [-0.05, 0) is 66.9 Å². The van der Waals surface area contributed by atoms with E-state index < -0.39 is 0 Å². The molecule has 0 aliphatic heterocycles. The van der Waals surface area contributed by atoms with E-state index in [2.05, 4.69) is 13.0 Å². The minimum absolute atomic E-state index is 0.220. The number of hydrogen-bond acceptors (Lipinski definition) is 3. The van der Waals surface area contributed by atoms with Crippen LogP contribution in [0.4, 0.5) is 0 Å². The second-order valence-electron chi connectivity index (χ2n) is 7.12. The van der Waals surface area contributed by atoms with Gasteiger partial charge in [0.25, 0.3) is 0 Å². The van der Waals surface area contributed by atoms with Crippen molar-refractivity contribution >= 4 is 44.4 Å². The molecule has 1 aromatic heterocycles. The highest BCUT2D eigenvalue weighted by atomic mass is 35.5. The molecule has 28 heavy (non-hydrogen) atoms. The Hall–Kier alpha value is -3.17.